The van der Waals surface area contributed by atoms with E-state index in [2.05, 4.69) is 21.2 Å². The van der Waals surface area contributed by atoms with Crippen molar-refractivity contribution in [3.63, 3.8) is 0 Å². The second-order valence-electron chi connectivity index (χ2n) is 10.3. The minimum atomic E-state index is -1.38. The van der Waals surface area contributed by atoms with Crippen LogP contribution < -0.4 is 10.1 Å². The van der Waals surface area contributed by atoms with Gasteiger partial charge >= 0.3 is 0 Å². The number of halogens is 3. The van der Waals surface area contributed by atoms with E-state index >= 15 is 0 Å². The molecule has 2 N–H and O–H groups in total. The van der Waals surface area contributed by atoms with E-state index in [1.165, 1.54) is 0 Å². The lowest BCUT2D eigenvalue weighted by Gasteiger charge is -2.31. The maximum Gasteiger partial charge on any atom is 0.252 e. The topological polar surface area (TPSA) is 89.4 Å². The van der Waals surface area contributed by atoms with Crippen molar-refractivity contribution in [2.75, 3.05) is 26.4 Å². The third-order valence-corrected chi connectivity index (χ3v) is 8.09. The Balaban J connectivity index is 1.75. The first-order valence-electron chi connectivity index (χ1n) is 13.9. The molecule has 3 aromatic carbocycles. The molecule has 10 heteroatoms. The lowest BCUT2D eigenvalue weighted by molar-refractivity contribution is -0.129. The van der Waals surface area contributed by atoms with E-state index in [-0.39, 0.29) is 25.0 Å². The first kappa shape index (κ1) is 32.3. The van der Waals surface area contributed by atoms with Gasteiger partial charge in [-0.1, -0.05) is 63.4 Å². The van der Waals surface area contributed by atoms with Crippen LogP contribution in [0, 0.1) is 0 Å². The fraction of sp³-hybridized carbons (Fsp3) is 0.375. The fourth-order valence-corrected chi connectivity index (χ4v) is 5.58. The summed E-state index contributed by atoms with van der Waals surface area (Å²) < 4.78 is 18.7. The molecule has 0 fully saturated rings. The van der Waals surface area contributed by atoms with Crippen LogP contribution in [0.25, 0.3) is 0 Å². The van der Waals surface area contributed by atoms with Gasteiger partial charge in [-0.15, -0.1) is 0 Å². The number of hydrogen-bond donors (Lipinski definition) is 2. The molecule has 1 aliphatic heterocycles. The molecule has 3 aromatic rings. The molecule has 42 heavy (non-hydrogen) atoms. The van der Waals surface area contributed by atoms with Crippen molar-refractivity contribution < 1.29 is 24.1 Å². The van der Waals surface area contributed by atoms with E-state index in [1.807, 2.05) is 62.4 Å². The molecule has 1 heterocycles. The molecule has 0 saturated carbocycles. The standard InChI is InChI=1S/C32H35BrCl2N2O5/c1-21(2)40-17-5-15-36-31(39)32(20-23-7-3-4-8-27(23)33)29(26-14-11-24(34)19-28(26)35)42-30(37-32)22-9-12-25(13-10-22)41-18-6-16-38/h3-4,7-14,19,21,29,38H,5-6,15-18,20H2,1-2H3,(H,36,39)/t29-,32-/m1/s1. The Morgan fingerprint density at radius 3 is 2.55 bits per heavy atom. The van der Waals surface area contributed by atoms with Crippen LogP contribution in [0.5, 0.6) is 5.75 Å². The van der Waals surface area contributed by atoms with Gasteiger partial charge in [0.15, 0.2) is 11.6 Å². The number of ether oxygens (including phenoxy) is 3. The van der Waals surface area contributed by atoms with Crippen molar-refractivity contribution >= 4 is 50.9 Å². The summed E-state index contributed by atoms with van der Waals surface area (Å²) in [6, 6.07) is 20.2. The molecular formula is C32H35BrCl2N2O5. The molecule has 1 amide bonds. The van der Waals surface area contributed by atoms with Gasteiger partial charge in [0.05, 0.1) is 12.7 Å². The Morgan fingerprint density at radius 2 is 1.86 bits per heavy atom. The number of benzene rings is 3. The number of nitrogens with zero attached hydrogens (tertiary/aromatic N) is 1. The Hall–Kier alpha value is -2.62. The predicted molar refractivity (Wildman–Crippen MR) is 170 cm³/mol. The van der Waals surface area contributed by atoms with Crippen molar-refractivity contribution in [2.45, 2.75) is 50.9 Å². The molecule has 0 spiro atoms. The number of rotatable bonds is 14. The molecule has 1 aliphatic rings. The Kier molecular flexibility index (Phi) is 11.7. The minimum Gasteiger partial charge on any atom is -0.494 e. The van der Waals surface area contributed by atoms with Gasteiger partial charge in [-0.25, -0.2) is 4.99 Å². The number of aliphatic hydroxyl groups excluding tert-OH is 1. The summed E-state index contributed by atoms with van der Waals surface area (Å²) in [5.74, 6) is 0.694. The van der Waals surface area contributed by atoms with Crippen LogP contribution in [0.1, 0.15) is 49.5 Å². The van der Waals surface area contributed by atoms with Gasteiger partial charge < -0.3 is 24.6 Å². The van der Waals surface area contributed by atoms with Gasteiger partial charge in [0.25, 0.3) is 5.91 Å². The van der Waals surface area contributed by atoms with Crippen LogP contribution in [0.3, 0.4) is 0 Å². The van der Waals surface area contributed by atoms with Crippen LogP contribution in [0.4, 0.5) is 0 Å². The summed E-state index contributed by atoms with van der Waals surface area (Å²) in [6.45, 7) is 5.36. The summed E-state index contributed by atoms with van der Waals surface area (Å²) >= 11 is 16.6. The molecule has 224 valence electrons. The van der Waals surface area contributed by atoms with Crippen LogP contribution >= 0.6 is 39.1 Å². The third kappa shape index (κ3) is 8.05. The second-order valence-corrected chi connectivity index (χ2v) is 12.0. The SMILES string of the molecule is CC(C)OCCCNC(=O)[C@]1(Cc2ccccc2Br)N=C(c2ccc(OCCCO)cc2)O[C@@H]1c1ccc(Cl)cc1Cl. The fourth-order valence-electron chi connectivity index (χ4n) is 4.65. The molecule has 7 nitrogen and oxygen atoms in total. The Morgan fingerprint density at radius 1 is 1.10 bits per heavy atom. The first-order chi connectivity index (χ1) is 20.2. The number of aliphatic hydroxyl groups is 1. The largest absolute Gasteiger partial charge is 0.494 e. The average molecular weight is 678 g/mol. The van der Waals surface area contributed by atoms with Gasteiger partial charge in [0.1, 0.15) is 5.75 Å². The van der Waals surface area contributed by atoms with E-state index in [9.17, 15) is 4.79 Å². The molecule has 0 bridgehead atoms. The number of amides is 1. The van der Waals surface area contributed by atoms with Crippen molar-refractivity contribution in [3.8, 4) is 5.75 Å². The molecule has 2 atom stereocenters. The van der Waals surface area contributed by atoms with Crippen molar-refractivity contribution in [2.24, 2.45) is 4.99 Å². The van der Waals surface area contributed by atoms with E-state index in [0.29, 0.717) is 65.4 Å². The van der Waals surface area contributed by atoms with E-state index in [0.717, 1.165) is 10.0 Å². The number of carbonyl (C=O) groups excluding carboxylic acids is 1. The predicted octanol–water partition coefficient (Wildman–Crippen LogP) is 6.95. The maximum absolute atomic E-state index is 14.3. The van der Waals surface area contributed by atoms with Gasteiger partial charge in [-0.3, -0.25) is 4.79 Å². The lowest BCUT2D eigenvalue weighted by atomic mass is 9.82. The van der Waals surface area contributed by atoms with E-state index in [4.69, 9.17) is 47.5 Å². The van der Waals surface area contributed by atoms with E-state index in [1.54, 1.807) is 18.2 Å². The second kappa shape index (κ2) is 15.2. The Bertz CT molecular complexity index is 1390. The molecule has 0 saturated heterocycles. The summed E-state index contributed by atoms with van der Waals surface area (Å²) in [5, 5.41) is 13.0. The van der Waals surface area contributed by atoms with Crippen molar-refractivity contribution in [1.82, 2.24) is 5.32 Å². The number of nitrogens with one attached hydrogen (secondary N) is 1. The van der Waals surface area contributed by atoms with Gasteiger partial charge in [-0.2, -0.15) is 0 Å². The zero-order valence-electron chi connectivity index (χ0n) is 23.6. The Labute approximate surface area is 265 Å². The normalized spacial score (nSPS) is 18.1. The lowest BCUT2D eigenvalue weighted by Crippen LogP contribution is -2.50. The zero-order chi connectivity index (χ0) is 30.1. The summed E-state index contributed by atoms with van der Waals surface area (Å²) in [4.78, 5) is 19.3. The van der Waals surface area contributed by atoms with Crippen LogP contribution in [0.15, 0.2) is 76.2 Å². The quantitative estimate of drug-likeness (QED) is 0.180. The summed E-state index contributed by atoms with van der Waals surface area (Å²) in [7, 11) is 0. The smallest absolute Gasteiger partial charge is 0.252 e. The van der Waals surface area contributed by atoms with Gasteiger partial charge in [0, 0.05) is 58.2 Å². The molecule has 0 radical (unpaired) electrons. The maximum atomic E-state index is 14.3. The average Bonchev–Trinajstić information content (AvgIpc) is 3.34. The first-order valence-corrected chi connectivity index (χ1v) is 15.5. The highest BCUT2D eigenvalue weighted by molar-refractivity contribution is 9.10. The van der Waals surface area contributed by atoms with Gasteiger partial charge in [0.2, 0.25) is 5.90 Å². The molecular weight excluding hydrogens is 643 g/mol. The third-order valence-electron chi connectivity index (χ3n) is 6.75. The molecule has 0 unspecified atom stereocenters. The number of hydrogen-bond acceptors (Lipinski definition) is 6. The highest BCUT2D eigenvalue weighted by atomic mass is 79.9. The highest BCUT2D eigenvalue weighted by Crippen LogP contribution is 2.45. The monoisotopic (exact) mass is 676 g/mol. The van der Waals surface area contributed by atoms with Crippen LogP contribution in [0.2, 0.25) is 10.0 Å². The zero-order valence-corrected chi connectivity index (χ0v) is 26.7. The van der Waals surface area contributed by atoms with Crippen molar-refractivity contribution in [3.05, 3.63) is 97.9 Å². The highest BCUT2D eigenvalue weighted by Gasteiger charge is 2.54. The molecule has 4 rings (SSSR count). The van der Waals surface area contributed by atoms with E-state index < -0.39 is 11.6 Å². The summed E-state index contributed by atoms with van der Waals surface area (Å²) in [5.41, 5.74) is 0.805. The van der Waals surface area contributed by atoms with Crippen LogP contribution in [-0.4, -0.2) is 54.9 Å². The molecule has 0 aliphatic carbocycles. The summed E-state index contributed by atoms with van der Waals surface area (Å²) in [6.07, 6.45) is 0.712. The number of carbonyl (C=O) groups is 1. The molecule has 0 aromatic heterocycles. The van der Waals surface area contributed by atoms with Crippen LogP contribution in [-0.2, 0) is 20.7 Å². The minimum absolute atomic E-state index is 0.0593. The van der Waals surface area contributed by atoms with Crippen molar-refractivity contribution in [1.29, 1.82) is 0 Å². The van der Waals surface area contributed by atoms with Gasteiger partial charge in [-0.05, 0) is 68.3 Å². The number of aliphatic imine (C=N–C) groups is 1.